The van der Waals surface area contributed by atoms with Gasteiger partial charge in [-0.05, 0) is 49.2 Å². The highest BCUT2D eigenvalue weighted by Crippen LogP contribution is 2.33. The molecule has 2 aromatic carbocycles. The van der Waals surface area contributed by atoms with Crippen LogP contribution in [0.5, 0.6) is 5.75 Å². The van der Waals surface area contributed by atoms with Gasteiger partial charge in [0.05, 0.1) is 11.3 Å². The molecular weight excluding hydrogens is 332 g/mol. The first-order valence-corrected chi connectivity index (χ1v) is 8.42. The second-order valence-corrected chi connectivity index (χ2v) is 6.28. The average Bonchev–Trinajstić information content (AvgIpc) is 3.47. The van der Waals surface area contributed by atoms with Crippen LogP contribution in [0.25, 0.3) is 0 Å². The Morgan fingerprint density at radius 2 is 1.69 bits per heavy atom. The Kier molecular flexibility index (Phi) is 5.02. The van der Waals surface area contributed by atoms with E-state index in [-0.39, 0.29) is 17.7 Å². The fourth-order valence-corrected chi connectivity index (χ4v) is 2.63. The predicted molar refractivity (Wildman–Crippen MR) is 98.3 cm³/mol. The Morgan fingerprint density at radius 1 is 1.04 bits per heavy atom. The smallest absolute Gasteiger partial charge is 0.345 e. The molecule has 26 heavy (non-hydrogen) atoms. The average molecular weight is 352 g/mol. The van der Waals surface area contributed by atoms with Gasteiger partial charge >= 0.3 is 5.97 Å². The molecular formula is C20H20N2O4. The summed E-state index contributed by atoms with van der Waals surface area (Å²) in [6.45, 7) is 1.42. The number of nitrogens with one attached hydrogen (secondary N) is 1. The van der Waals surface area contributed by atoms with E-state index >= 15 is 0 Å². The molecule has 1 fully saturated rings. The van der Waals surface area contributed by atoms with Gasteiger partial charge in [0.25, 0.3) is 0 Å². The fraction of sp³-hybridized carbons (Fsp3) is 0.250. The minimum atomic E-state index is -0.539. The van der Waals surface area contributed by atoms with Gasteiger partial charge in [0.15, 0.2) is 0 Å². The molecule has 0 atom stereocenters. The van der Waals surface area contributed by atoms with Gasteiger partial charge in [-0.25, -0.2) is 4.79 Å². The Bertz CT molecular complexity index is 841. The summed E-state index contributed by atoms with van der Waals surface area (Å²) < 4.78 is 5.42. The van der Waals surface area contributed by atoms with Gasteiger partial charge in [-0.2, -0.15) is 0 Å². The van der Waals surface area contributed by atoms with Crippen molar-refractivity contribution in [2.24, 2.45) is 5.92 Å². The van der Waals surface area contributed by atoms with Gasteiger partial charge in [-0.1, -0.05) is 12.1 Å². The van der Waals surface area contributed by atoms with E-state index in [1.807, 2.05) is 0 Å². The van der Waals surface area contributed by atoms with Crippen molar-refractivity contribution in [1.82, 2.24) is 0 Å². The quantitative estimate of drug-likeness (QED) is 0.662. The monoisotopic (exact) mass is 352 g/mol. The van der Waals surface area contributed by atoms with Crippen LogP contribution in [0.2, 0.25) is 0 Å². The lowest BCUT2D eigenvalue weighted by molar-refractivity contribution is -0.119. The molecule has 0 spiro atoms. The molecule has 1 saturated carbocycles. The lowest BCUT2D eigenvalue weighted by Gasteiger charge is -2.20. The molecule has 0 aliphatic heterocycles. The fourth-order valence-electron chi connectivity index (χ4n) is 2.63. The second-order valence-electron chi connectivity index (χ2n) is 6.28. The number of carbonyl (C=O) groups excluding carboxylic acids is 3. The zero-order valence-corrected chi connectivity index (χ0v) is 14.7. The summed E-state index contributed by atoms with van der Waals surface area (Å²) in [4.78, 5) is 37.4. The lowest BCUT2D eigenvalue weighted by Crippen LogP contribution is -2.29. The number of benzene rings is 2. The second kappa shape index (κ2) is 7.39. The van der Waals surface area contributed by atoms with E-state index in [0.29, 0.717) is 22.7 Å². The standard InChI is InChI=1S/C20H20N2O4/c1-13(23)21-15-9-11-16(12-10-15)26-20(25)17-5-3-4-6-18(17)22(2)19(24)14-7-8-14/h3-6,9-12,14H,7-8H2,1-2H3,(H,21,23). The number of hydrogen-bond donors (Lipinski definition) is 1. The third-order valence-electron chi connectivity index (χ3n) is 4.13. The number of esters is 1. The van der Waals surface area contributed by atoms with Crippen molar-refractivity contribution in [2.75, 3.05) is 17.3 Å². The Morgan fingerprint density at radius 3 is 2.31 bits per heavy atom. The molecule has 1 N–H and O–H groups in total. The molecule has 0 aromatic heterocycles. The van der Waals surface area contributed by atoms with Crippen molar-refractivity contribution in [3.8, 4) is 5.75 Å². The van der Waals surface area contributed by atoms with Crippen LogP contribution in [0, 0.1) is 5.92 Å². The number of nitrogens with zero attached hydrogens (tertiary/aromatic N) is 1. The molecule has 3 rings (SSSR count). The summed E-state index contributed by atoms with van der Waals surface area (Å²) in [5.41, 5.74) is 1.48. The van der Waals surface area contributed by atoms with Gasteiger partial charge in [-0.15, -0.1) is 0 Å². The van der Waals surface area contributed by atoms with E-state index < -0.39 is 5.97 Å². The van der Waals surface area contributed by atoms with E-state index in [1.165, 1.54) is 11.8 Å². The normalized spacial score (nSPS) is 13.0. The molecule has 0 radical (unpaired) electrons. The first-order valence-electron chi connectivity index (χ1n) is 8.42. The molecule has 134 valence electrons. The molecule has 2 aromatic rings. The van der Waals surface area contributed by atoms with Crippen LogP contribution in [0.3, 0.4) is 0 Å². The van der Waals surface area contributed by atoms with Crippen molar-refractivity contribution in [1.29, 1.82) is 0 Å². The predicted octanol–water partition coefficient (Wildman–Crippen LogP) is 3.24. The lowest BCUT2D eigenvalue weighted by atomic mass is 10.1. The maximum atomic E-state index is 12.6. The zero-order valence-electron chi connectivity index (χ0n) is 14.7. The van der Waals surface area contributed by atoms with Gasteiger partial charge in [0.2, 0.25) is 11.8 Å². The number of amides is 2. The van der Waals surface area contributed by atoms with Crippen LogP contribution in [-0.2, 0) is 9.59 Å². The number of rotatable bonds is 5. The molecule has 0 saturated heterocycles. The third kappa shape index (κ3) is 4.08. The van der Waals surface area contributed by atoms with Crippen LogP contribution in [0.4, 0.5) is 11.4 Å². The Hall–Kier alpha value is -3.15. The van der Waals surface area contributed by atoms with Crippen LogP contribution < -0.4 is 15.0 Å². The van der Waals surface area contributed by atoms with Gasteiger partial charge < -0.3 is 15.0 Å². The molecule has 2 amide bonds. The summed E-state index contributed by atoms with van der Waals surface area (Å²) in [5, 5.41) is 2.65. The first kappa shape index (κ1) is 17.7. The molecule has 0 unspecified atom stereocenters. The van der Waals surface area contributed by atoms with Crippen LogP contribution in [-0.4, -0.2) is 24.8 Å². The number of para-hydroxylation sites is 1. The molecule has 0 bridgehead atoms. The van der Waals surface area contributed by atoms with E-state index in [9.17, 15) is 14.4 Å². The summed E-state index contributed by atoms with van der Waals surface area (Å²) >= 11 is 0. The SMILES string of the molecule is CC(=O)Nc1ccc(OC(=O)c2ccccc2N(C)C(=O)C2CC2)cc1. The molecule has 6 nitrogen and oxygen atoms in total. The molecule has 6 heteroatoms. The van der Waals surface area contributed by atoms with E-state index in [4.69, 9.17) is 4.74 Å². The highest BCUT2D eigenvalue weighted by atomic mass is 16.5. The minimum absolute atomic E-state index is 0.0184. The molecule has 0 heterocycles. The highest BCUT2D eigenvalue weighted by Gasteiger charge is 2.33. The van der Waals surface area contributed by atoms with Gasteiger partial charge in [0.1, 0.15) is 5.75 Å². The number of hydrogen-bond acceptors (Lipinski definition) is 4. The third-order valence-corrected chi connectivity index (χ3v) is 4.13. The number of anilines is 2. The Labute approximate surface area is 151 Å². The van der Waals surface area contributed by atoms with Crippen molar-refractivity contribution in [2.45, 2.75) is 19.8 Å². The maximum Gasteiger partial charge on any atom is 0.345 e. The Balaban J connectivity index is 1.75. The van der Waals surface area contributed by atoms with E-state index in [0.717, 1.165) is 12.8 Å². The van der Waals surface area contributed by atoms with Crippen molar-refractivity contribution < 1.29 is 19.1 Å². The van der Waals surface area contributed by atoms with Crippen molar-refractivity contribution in [3.63, 3.8) is 0 Å². The largest absolute Gasteiger partial charge is 0.423 e. The van der Waals surface area contributed by atoms with Gasteiger partial charge in [0, 0.05) is 25.6 Å². The highest BCUT2D eigenvalue weighted by molar-refractivity contribution is 6.04. The first-order chi connectivity index (χ1) is 12.5. The van der Waals surface area contributed by atoms with Crippen LogP contribution >= 0.6 is 0 Å². The van der Waals surface area contributed by atoms with E-state index in [1.54, 1.807) is 55.6 Å². The molecule has 1 aliphatic rings. The van der Waals surface area contributed by atoms with Crippen molar-refractivity contribution in [3.05, 3.63) is 54.1 Å². The summed E-state index contributed by atoms with van der Waals surface area (Å²) in [6, 6.07) is 13.4. The maximum absolute atomic E-state index is 12.6. The molecule has 1 aliphatic carbocycles. The topological polar surface area (TPSA) is 75.7 Å². The summed E-state index contributed by atoms with van der Waals surface area (Å²) in [7, 11) is 1.68. The van der Waals surface area contributed by atoms with Crippen LogP contribution in [0.15, 0.2) is 48.5 Å². The summed E-state index contributed by atoms with van der Waals surface area (Å²) in [5.74, 6) is -0.277. The zero-order chi connectivity index (χ0) is 18.7. The number of carbonyl (C=O) groups is 3. The summed E-state index contributed by atoms with van der Waals surface area (Å²) in [6.07, 6.45) is 1.80. The minimum Gasteiger partial charge on any atom is -0.423 e. The number of ether oxygens (including phenoxy) is 1. The van der Waals surface area contributed by atoms with Gasteiger partial charge in [-0.3, -0.25) is 9.59 Å². The van der Waals surface area contributed by atoms with Crippen molar-refractivity contribution >= 4 is 29.2 Å². The van der Waals surface area contributed by atoms with Crippen LogP contribution in [0.1, 0.15) is 30.1 Å². The van der Waals surface area contributed by atoms with E-state index in [2.05, 4.69) is 5.32 Å².